The zero-order valence-corrected chi connectivity index (χ0v) is 12.3. The van der Waals surface area contributed by atoms with Gasteiger partial charge < -0.3 is 20.7 Å². The molecule has 6 nitrogen and oxygen atoms in total. The second kappa shape index (κ2) is 7.53. The molecule has 0 unspecified atom stereocenters. The average Bonchev–Trinajstić information content (AvgIpc) is 2.59. The van der Waals surface area contributed by atoms with Crippen LogP contribution in [0.1, 0.15) is 10.4 Å². The van der Waals surface area contributed by atoms with E-state index in [4.69, 9.17) is 20.7 Å². The third kappa shape index (κ3) is 4.15. The van der Waals surface area contributed by atoms with Crippen LogP contribution in [0, 0.1) is 0 Å². The fraction of sp³-hybridized carbons (Fsp3) is 0.176. The standard InChI is InChI=1S/C17H17NO5/c18-15(16(20)21)14(10-19)23-17(22)13-8-6-12(7-9-13)11-4-2-1-3-5-11/h1-9,14-15,19H,10,18H2,(H,20,21)/t14-,15+/m1/s1. The lowest BCUT2D eigenvalue weighted by atomic mass is 10.0. The van der Waals surface area contributed by atoms with Crippen LogP contribution in [-0.4, -0.2) is 40.9 Å². The molecule has 6 heteroatoms. The maximum absolute atomic E-state index is 12.0. The van der Waals surface area contributed by atoms with Crippen LogP contribution in [0.2, 0.25) is 0 Å². The van der Waals surface area contributed by atoms with Crippen molar-refractivity contribution in [3.63, 3.8) is 0 Å². The maximum atomic E-state index is 12.0. The number of carbonyl (C=O) groups excluding carboxylic acids is 1. The van der Waals surface area contributed by atoms with E-state index in [1.807, 2.05) is 30.3 Å². The summed E-state index contributed by atoms with van der Waals surface area (Å²) in [5.74, 6) is -2.09. The topological polar surface area (TPSA) is 110 Å². The minimum atomic E-state index is -1.48. The van der Waals surface area contributed by atoms with Crippen molar-refractivity contribution in [2.75, 3.05) is 6.61 Å². The Balaban J connectivity index is 2.10. The van der Waals surface area contributed by atoms with Gasteiger partial charge in [0, 0.05) is 0 Å². The van der Waals surface area contributed by atoms with Crippen LogP contribution < -0.4 is 5.73 Å². The fourth-order valence-electron chi connectivity index (χ4n) is 2.02. The van der Waals surface area contributed by atoms with Crippen LogP contribution in [0.4, 0.5) is 0 Å². The summed E-state index contributed by atoms with van der Waals surface area (Å²) in [6, 6.07) is 14.8. The summed E-state index contributed by atoms with van der Waals surface area (Å²) < 4.78 is 4.96. The monoisotopic (exact) mass is 315 g/mol. The molecule has 0 saturated heterocycles. The molecular weight excluding hydrogens is 298 g/mol. The summed E-state index contributed by atoms with van der Waals surface area (Å²) in [6.07, 6.45) is -1.30. The van der Waals surface area contributed by atoms with E-state index in [2.05, 4.69) is 0 Å². The number of rotatable bonds is 6. The van der Waals surface area contributed by atoms with Crippen molar-refractivity contribution in [2.24, 2.45) is 5.73 Å². The Hall–Kier alpha value is -2.70. The first-order valence-corrected chi connectivity index (χ1v) is 6.98. The number of ether oxygens (including phenoxy) is 1. The van der Waals surface area contributed by atoms with Gasteiger partial charge in [0.05, 0.1) is 12.2 Å². The summed E-state index contributed by atoms with van der Waals surface area (Å²) in [5, 5.41) is 17.9. The number of carboxylic acid groups (broad SMARTS) is 1. The summed E-state index contributed by atoms with van der Waals surface area (Å²) in [4.78, 5) is 22.8. The van der Waals surface area contributed by atoms with Gasteiger partial charge in [-0.25, -0.2) is 4.79 Å². The molecule has 0 aromatic heterocycles. The van der Waals surface area contributed by atoms with Gasteiger partial charge in [-0.1, -0.05) is 42.5 Å². The Kier molecular flexibility index (Phi) is 5.46. The molecule has 0 fully saturated rings. The van der Waals surface area contributed by atoms with E-state index in [1.165, 1.54) is 0 Å². The number of hydrogen-bond acceptors (Lipinski definition) is 5. The zero-order valence-electron chi connectivity index (χ0n) is 12.3. The lowest BCUT2D eigenvalue weighted by Crippen LogP contribution is -2.46. The molecule has 2 rings (SSSR count). The summed E-state index contributed by atoms with van der Waals surface area (Å²) in [6.45, 7) is -0.665. The Morgan fingerprint density at radius 3 is 2.09 bits per heavy atom. The van der Waals surface area contributed by atoms with Crippen LogP contribution in [0.5, 0.6) is 0 Å². The number of nitrogens with two attached hydrogens (primary N) is 1. The first-order chi connectivity index (χ1) is 11.0. The Morgan fingerprint density at radius 2 is 1.57 bits per heavy atom. The van der Waals surface area contributed by atoms with Gasteiger partial charge in [-0.3, -0.25) is 4.79 Å². The Labute approximate surface area is 133 Å². The van der Waals surface area contributed by atoms with Gasteiger partial charge in [0.2, 0.25) is 0 Å². The summed E-state index contributed by atoms with van der Waals surface area (Å²) in [7, 11) is 0. The minimum Gasteiger partial charge on any atom is -0.480 e. The van der Waals surface area contributed by atoms with Gasteiger partial charge in [-0.2, -0.15) is 0 Å². The third-order valence-corrected chi connectivity index (χ3v) is 3.35. The van der Waals surface area contributed by atoms with E-state index in [9.17, 15) is 9.59 Å². The predicted molar refractivity (Wildman–Crippen MR) is 83.8 cm³/mol. The quantitative estimate of drug-likeness (QED) is 0.693. The smallest absolute Gasteiger partial charge is 0.338 e. The molecule has 0 aliphatic heterocycles. The van der Waals surface area contributed by atoms with Crippen molar-refractivity contribution >= 4 is 11.9 Å². The number of benzene rings is 2. The molecule has 23 heavy (non-hydrogen) atoms. The van der Waals surface area contributed by atoms with E-state index in [0.717, 1.165) is 11.1 Å². The number of aliphatic hydroxyl groups excluding tert-OH is 1. The number of hydrogen-bond donors (Lipinski definition) is 3. The predicted octanol–water partition coefficient (Wildman–Crippen LogP) is 1.28. The number of aliphatic carboxylic acids is 1. The second-order valence-electron chi connectivity index (χ2n) is 4.93. The maximum Gasteiger partial charge on any atom is 0.338 e. The van der Waals surface area contributed by atoms with Gasteiger partial charge in [-0.05, 0) is 23.3 Å². The highest BCUT2D eigenvalue weighted by atomic mass is 16.6. The van der Waals surface area contributed by atoms with Gasteiger partial charge in [-0.15, -0.1) is 0 Å². The Bertz CT molecular complexity index is 669. The average molecular weight is 315 g/mol. The first kappa shape index (κ1) is 16.7. The summed E-state index contributed by atoms with van der Waals surface area (Å²) in [5.41, 5.74) is 7.55. The number of esters is 1. The fourth-order valence-corrected chi connectivity index (χ4v) is 2.02. The van der Waals surface area contributed by atoms with Crippen molar-refractivity contribution in [3.05, 3.63) is 60.2 Å². The molecule has 0 bridgehead atoms. The molecule has 2 aromatic carbocycles. The lowest BCUT2D eigenvalue weighted by molar-refractivity contribution is -0.142. The number of carbonyl (C=O) groups is 2. The highest BCUT2D eigenvalue weighted by molar-refractivity contribution is 5.90. The second-order valence-corrected chi connectivity index (χ2v) is 4.93. The summed E-state index contributed by atoms with van der Waals surface area (Å²) >= 11 is 0. The minimum absolute atomic E-state index is 0.251. The zero-order chi connectivity index (χ0) is 16.8. The van der Waals surface area contributed by atoms with Gasteiger partial charge in [0.15, 0.2) is 6.10 Å². The SMILES string of the molecule is N[C@H](C(=O)O)[C@@H](CO)OC(=O)c1ccc(-c2ccccc2)cc1. The van der Waals surface area contributed by atoms with Crippen LogP contribution in [0.25, 0.3) is 11.1 Å². The molecule has 120 valence electrons. The van der Waals surface area contributed by atoms with Crippen molar-refractivity contribution in [2.45, 2.75) is 12.1 Å². The highest BCUT2D eigenvalue weighted by Crippen LogP contribution is 2.19. The molecule has 2 atom stereocenters. The van der Waals surface area contributed by atoms with E-state index < -0.39 is 30.7 Å². The van der Waals surface area contributed by atoms with Crippen LogP contribution in [-0.2, 0) is 9.53 Å². The van der Waals surface area contributed by atoms with Crippen molar-refractivity contribution in [1.29, 1.82) is 0 Å². The van der Waals surface area contributed by atoms with Crippen molar-refractivity contribution in [1.82, 2.24) is 0 Å². The molecule has 0 amide bonds. The molecule has 0 aliphatic rings. The first-order valence-electron chi connectivity index (χ1n) is 6.98. The van der Waals surface area contributed by atoms with Crippen LogP contribution in [0.3, 0.4) is 0 Å². The van der Waals surface area contributed by atoms with Gasteiger partial charge >= 0.3 is 11.9 Å². The van der Waals surface area contributed by atoms with E-state index in [-0.39, 0.29) is 5.56 Å². The normalized spacial score (nSPS) is 13.1. The molecule has 4 N–H and O–H groups in total. The largest absolute Gasteiger partial charge is 0.480 e. The number of aliphatic hydroxyl groups is 1. The molecule has 0 spiro atoms. The molecule has 0 aliphatic carbocycles. The molecule has 0 saturated carbocycles. The highest BCUT2D eigenvalue weighted by Gasteiger charge is 2.27. The van der Waals surface area contributed by atoms with E-state index >= 15 is 0 Å². The van der Waals surface area contributed by atoms with Crippen molar-refractivity contribution in [3.8, 4) is 11.1 Å². The molecule has 0 radical (unpaired) electrons. The van der Waals surface area contributed by atoms with Crippen LogP contribution in [0.15, 0.2) is 54.6 Å². The Morgan fingerprint density at radius 1 is 1.00 bits per heavy atom. The van der Waals surface area contributed by atoms with Gasteiger partial charge in [0.1, 0.15) is 6.04 Å². The molecular formula is C17H17NO5. The van der Waals surface area contributed by atoms with E-state index in [0.29, 0.717) is 0 Å². The van der Waals surface area contributed by atoms with Crippen molar-refractivity contribution < 1.29 is 24.5 Å². The van der Waals surface area contributed by atoms with Gasteiger partial charge in [0.25, 0.3) is 0 Å². The van der Waals surface area contributed by atoms with Crippen LogP contribution >= 0.6 is 0 Å². The molecule has 2 aromatic rings. The third-order valence-electron chi connectivity index (χ3n) is 3.35. The van der Waals surface area contributed by atoms with E-state index in [1.54, 1.807) is 24.3 Å². The lowest BCUT2D eigenvalue weighted by Gasteiger charge is -2.19. The number of carboxylic acids is 1. The molecule has 0 heterocycles.